The number of nitrogens with zero attached hydrogens (tertiary/aromatic N) is 4. The van der Waals surface area contributed by atoms with Crippen molar-refractivity contribution in [1.82, 2.24) is 20.3 Å². The highest BCUT2D eigenvalue weighted by atomic mass is 32.2. The first kappa shape index (κ1) is 19.6. The standard InChI is InChI=1S/C19H18N4OS4/c1-12(2)14-5-3-13(4-6-14)9-26-18-21-22-19(28-18)27-11-16-20-17(24-23-16)15-7-8-25-10-15/h3-8,10,12H,9,11H2,1-2H3. The van der Waals surface area contributed by atoms with Gasteiger partial charge in [-0.2, -0.15) is 16.3 Å². The van der Waals surface area contributed by atoms with Gasteiger partial charge in [0, 0.05) is 11.1 Å². The van der Waals surface area contributed by atoms with E-state index in [-0.39, 0.29) is 0 Å². The minimum absolute atomic E-state index is 0.560. The molecule has 0 spiro atoms. The molecule has 0 unspecified atom stereocenters. The first-order valence-corrected chi connectivity index (χ1v) is 12.4. The van der Waals surface area contributed by atoms with Crippen LogP contribution in [-0.2, 0) is 11.5 Å². The molecular weight excluding hydrogens is 429 g/mol. The Labute approximate surface area is 180 Å². The van der Waals surface area contributed by atoms with Crippen molar-refractivity contribution in [1.29, 1.82) is 0 Å². The average Bonchev–Trinajstić information content (AvgIpc) is 3.46. The summed E-state index contributed by atoms with van der Waals surface area (Å²) in [6.07, 6.45) is 0. The molecule has 0 aliphatic heterocycles. The molecule has 4 aromatic rings. The summed E-state index contributed by atoms with van der Waals surface area (Å²) < 4.78 is 7.20. The highest BCUT2D eigenvalue weighted by molar-refractivity contribution is 8.02. The van der Waals surface area contributed by atoms with Gasteiger partial charge in [-0.1, -0.05) is 78.1 Å². The van der Waals surface area contributed by atoms with Crippen LogP contribution < -0.4 is 0 Å². The van der Waals surface area contributed by atoms with Crippen LogP contribution in [0.25, 0.3) is 11.5 Å². The molecular formula is C19H18N4OS4. The lowest BCUT2D eigenvalue weighted by molar-refractivity contribution is 0.425. The van der Waals surface area contributed by atoms with Gasteiger partial charge in [-0.15, -0.1) is 10.2 Å². The molecule has 0 atom stereocenters. The lowest BCUT2D eigenvalue weighted by atomic mass is 10.0. The van der Waals surface area contributed by atoms with Crippen LogP contribution in [0.1, 0.15) is 36.7 Å². The Balaban J connectivity index is 1.28. The quantitative estimate of drug-likeness (QED) is 0.292. The third-order valence-corrected chi connectivity index (χ3v) is 7.90. The third-order valence-electron chi connectivity index (χ3n) is 3.96. The zero-order chi connectivity index (χ0) is 19.3. The molecule has 3 aromatic heterocycles. The second kappa shape index (κ2) is 9.21. The largest absolute Gasteiger partial charge is 0.334 e. The van der Waals surface area contributed by atoms with Gasteiger partial charge in [0.2, 0.25) is 0 Å². The van der Waals surface area contributed by atoms with Crippen molar-refractivity contribution in [3.05, 3.63) is 58.0 Å². The topological polar surface area (TPSA) is 64.7 Å². The van der Waals surface area contributed by atoms with E-state index in [0.717, 1.165) is 20.0 Å². The maximum atomic E-state index is 5.31. The van der Waals surface area contributed by atoms with Crippen LogP contribution in [0.4, 0.5) is 0 Å². The van der Waals surface area contributed by atoms with Crippen molar-refractivity contribution >= 4 is 46.2 Å². The summed E-state index contributed by atoms with van der Waals surface area (Å²) in [6, 6.07) is 10.8. The van der Waals surface area contributed by atoms with E-state index in [2.05, 4.69) is 58.5 Å². The second-order valence-electron chi connectivity index (χ2n) is 6.34. The number of hydrogen-bond donors (Lipinski definition) is 0. The fraction of sp³-hybridized carbons (Fsp3) is 0.263. The van der Waals surface area contributed by atoms with Gasteiger partial charge >= 0.3 is 0 Å². The SMILES string of the molecule is CC(C)c1ccc(CSc2nnc(SCc3noc(-c4ccsc4)n3)s2)cc1. The van der Waals surface area contributed by atoms with E-state index < -0.39 is 0 Å². The predicted octanol–water partition coefficient (Wildman–Crippen LogP) is 6.36. The van der Waals surface area contributed by atoms with Crippen LogP contribution in [0, 0.1) is 0 Å². The number of thioether (sulfide) groups is 2. The van der Waals surface area contributed by atoms with Gasteiger partial charge < -0.3 is 4.52 Å². The zero-order valence-electron chi connectivity index (χ0n) is 15.4. The van der Waals surface area contributed by atoms with E-state index in [9.17, 15) is 0 Å². The molecule has 0 radical (unpaired) electrons. The van der Waals surface area contributed by atoms with E-state index in [1.165, 1.54) is 11.1 Å². The molecule has 0 fully saturated rings. The average molecular weight is 447 g/mol. The van der Waals surface area contributed by atoms with E-state index >= 15 is 0 Å². The minimum atomic E-state index is 0.560. The smallest absolute Gasteiger partial charge is 0.258 e. The molecule has 0 amide bonds. The second-order valence-corrected chi connectivity index (χ2v) is 10.5. The molecule has 1 aromatic carbocycles. The Hall–Kier alpha value is -1.68. The Morgan fingerprint density at radius 1 is 1.00 bits per heavy atom. The lowest BCUT2D eigenvalue weighted by Gasteiger charge is -2.05. The molecule has 0 aliphatic rings. The highest BCUT2D eigenvalue weighted by Gasteiger charge is 2.12. The molecule has 0 N–H and O–H groups in total. The van der Waals surface area contributed by atoms with Crippen molar-refractivity contribution in [3.8, 4) is 11.5 Å². The predicted molar refractivity (Wildman–Crippen MR) is 117 cm³/mol. The van der Waals surface area contributed by atoms with Gasteiger partial charge in [-0.05, 0) is 28.5 Å². The van der Waals surface area contributed by atoms with E-state index in [0.29, 0.717) is 23.4 Å². The Bertz CT molecular complexity index is 1010. The summed E-state index contributed by atoms with van der Waals surface area (Å²) in [5.74, 6) is 3.30. The Morgan fingerprint density at radius 3 is 2.43 bits per heavy atom. The maximum Gasteiger partial charge on any atom is 0.258 e. The molecule has 0 saturated heterocycles. The molecule has 9 heteroatoms. The summed E-state index contributed by atoms with van der Waals surface area (Å²) in [5.41, 5.74) is 3.63. The fourth-order valence-electron chi connectivity index (χ4n) is 2.40. The first-order valence-electron chi connectivity index (χ1n) is 8.70. The molecule has 5 nitrogen and oxygen atoms in total. The highest BCUT2D eigenvalue weighted by Crippen LogP contribution is 2.32. The van der Waals surface area contributed by atoms with E-state index in [1.54, 1.807) is 46.2 Å². The van der Waals surface area contributed by atoms with Crippen LogP contribution in [0.15, 0.2) is 54.3 Å². The lowest BCUT2D eigenvalue weighted by Crippen LogP contribution is -1.87. The van der Waals surface area contributed by atoms with Gasteiger partial charge in [0.1, 0.15) is 0 Å². The molecule has 0 bridgehead atoms. The summed E-state index contributed by atoms with van der Waals surface area (Å²) >= 11 is 6.51. The van der Waals surface area contributed by atoms with Crippen molar-refractivity contribution in [2.45, 2.75) is 40.0 Å². The van der Waals surface area contributed by atoms with Crippen molar-refractivity contribution in [3.63, 3.8) is 0 Å². The molecule has 0 aliphatic carbocycles. The summed E-state index contributed by atoms with van der Waals surface area (Å²) in [4.78, 5) is 4.43. The van der Waals surface area contributed by atoms with Crippen LogP contribution in [0.5, 0.6) is 0 Å². The van der Waals surface area contributed by atoms with Gasteiger partial charge in [0.25, 0.3) is 5.89 Å². The third kappa shape index (κ3) is 5.02. The molecule has 3 heterocycles. The van der Waals surface area contributed by atoms with Crippen LogP contribution >= 0.6 is 46.2 Å². The van der Waals surface area contributed by atoms with Crippen molar-refractivity contribution < 1.29 is 4.52 Å². The van der Waals surface area contributed by atoms with Gasteiger partial charge in [0.05, 0.1) is 11.3 Å². The van der Waals surface area contributed by atoms with Gasteiger partial charge in [0.15, 0.2) is 14.5 Å². The van der Waals surface area contributed by atoms with Crippen molar-refractivity contribution in [2.24, 2.45) is 0 Å². The van der Waals surface area contributed by atoms with Gasteiger partial charge in [-0.3, -0.25) is 0 Å². The maximum absolute atomic E-state index is 5.31. The summed E-state index contributed by atoms with van der Waals surface area (Å²) in [7, 11) is 0. The monoisotopic (exact) mass is 446 g/mol. The number of aromatic nitrogens is 4. The number of benzene rings is 1. The number of hydrogen-bond acceptors (Lipinski definition) is 9. The Kier molecular flexibility index (Phi) is 6.46. The summed E-state index contributed by atoms with van der Waals surface area (Å²) in [5, 5.41) is 16.6. The molecule has 28 heavy (non-hydrogen) atoms. The summed E-state index contributed by atoms with van der Waals surface area (Å²) in [6.45, 7) is 4.42. The molecule has 0 saturated carbocycles. The van der Waals surface area contributed by atoms with E-state index in [1.807, 2.05) is 16.8 Å². The molecule has 4 rings (SSSR count). The van der Waals surface area contributed by atoms with Gasteiger partial charge in [-0.25, -0.2) is 0 Å². The van der Waals surface area contributed by atoms with Crippen LogP contribution in [-0.4, -0.2) is 20.3 Å². The Morgan fingerprint density at radius 2 is 1.75 bits per heavy atom. The fourth-order valence-corrected chi connectivity index (χ4v) is 5.85. The minimum Gasteiger partial charge on any atom is -0.334 e. The molecule has 144 valence electrons. The van der Waals surface area contributed by atoms with Crippen LogP contribution in [0.3, 0.4) is 0 Å². The first-order chi connectivity index (χ1) is 13.7. The van der Waals surface area contributed by atoms with E-state index in [4.69, 9.17) is 4.52 Å². The number of thiophene rings is 1. The normalized spacial score (nSPS) is 11.4. The van der Waals surface area contributed by atoms with Crippen LogP contribution in [0.2, 0.25) is 0 Å². The zero-order valence-corrected chi connectivity index (χ0v) is 18.6. The number of rotatable bonds is 8. The van der Waals surface area contributed by atoms with Crippen molar-refractivity contribution in [2.75, 3.05) is 0 Å².